The van der Waals surface area contributed by atoms with Gasteiger partial charge in [0.25, 0.3) is 0 Å². The molecular formula is C29H26FN5O4S. The van der Waals surface area contributed by atoms with Crippen LogP contribution < -0.4 is 20.1 Å². The molecule has 0 aliphatic heterocycles. The summed E-state index contributed by atoms with van der Waals surface area (Å²) in [7, 11) is 1.48. The Morgan fingerprint density at radius 3 is 2.58 bits per heavy atom. The van der Waals surface area contributed by atoms with Crippen molar-refractivity contribution in [2.45, 2.75) is 26.8 Å². The van der Waals surface area contributed by atoms with E-state index in [1.54, 1.807) is 36.5 Å². The Hall–Kier alpha value is -4.77. The summed E-state index contributed by atoms with van der Waals surface area (Å²) in [5.41, 5.74) is 2.21. The highest BCUT2D eigenvalue weighted by molar-refractivity contribution is 7.22. The molecule has 0 bridgehead atoms. The lowest BCUT2D eigenvalue weighted by Gasteiger charge is -2.11. The number of thiophene rings is 1. The molecule has 0 aliphatic rings. The van der Waals surface area contributed by atoms with Crippen molar-refractivity contribution in [1.29, 1.82) is 0 Å². The molecular weight excluding hydrogens is 533 g/mol. The SMILES string of the molecule is CCn1cc(-c2cc3nccc(Oc4ccc(NC(=O)CC(=O)Nc5ccccc5OC)cc4F)c3s2)nc1C. The average molecular weight is 560 g/mol. The number of carbonyl (C=O) groups excluding carboxylic acids is 2. The van der Waals surface area contributed by atoms with Crippen LogP contribution in [0.25, 0.3) is 20.8 Å². The number of imidazole rings is 1. The predicted molar refractivity (Wildman–Crippen MR) is 153 cm³/mol. The van der Waals surface area contributed by atoms with E-state index in [4.69, 9.17) is 9.47 Å². The monoisotopic (exact) mass is 559 g/mol. The van der Waals surface area contributed by atoms with Gasteiger partial charge in [-0.1, -0.05) is 12.1 Å². The van der Waals surface area contributed by atoms with Crippen molar-refractivity contribution < 1.29 is 23.5 Å². The fourth-order valence-electron chi connectivity index (χ4n) is 4.14. The van der Waals surface area contributed by atoms with Gasteiger partial charge in [0.1, 0.15) is 23.7 Å². The number of nitrogens with zero attached hydrogens (tertiary/aromatic N) is 3. The van der Waals surface area contributed by atoms with Gasteiger partial charge in [0, 0.05) is 36.8 Å². The number of hydrogen-bond donors (Lipinski definition) is 2. The average Bonchev–Trinajstić information content (AvgIpc) is 3.54. The second kappa shape index (κ2) is 11.5. The third kappa shape index (κ3) is 5.79. The van der Waals surface area contributed by atoms with Crippen LogP contribution in [0, 0.1) is 12.7 Å². The molecule has 2 N–H and O–H groups in total. The van der Waals surface area contributed by atoms with Gasteiger partial charge in [0.05, 0.1) is 33.6 Å². The Balaban J connectivity index is 1.26. The topological polar surface area (TPSA) is 107 Å². The number of aromatic nitrogens is 3. The van der Waals surface area contributed by atoms with Crippen LogP contribution in [0.2, 0.25) is 0 Å². The number of nitrogens with one attached hydrogen (secondary N) is 2. The van der Waals surface area contributed by atoms with Gasteiger partial charge in [-0.15, -0.1) is 11.3 Å². The molecule has 2 amide bonds. The number of aryl methyl sites for hydroxylation is 2. The van der Waals surface area contributed by atoms with Crippen LogP contribution in [0.1, 0.15) is 19.2 Å². The Morgan fingerprint density at radius 2 is 1.82 bits per heavy atom. The molecule has 0 saturated carbocycles. The molecule has 0 unspecified atom stereocenters. The number of ether oxygens (including phenoxy) is 2. The maximum absolute atomic E-state index is 15.0. The van der Waals surface area contributed by atoms with Gasteiger partial charge >= 0.3 is 0 Å². The molecule has 40 heavy (non-hydrogen) atoms. The molecule has 11 heteroatoms. The zero-order valence-corrected chi connectivity index (χ0v) is 22.8. The molecule has 2 aromatic carbocycles. The number of rotatable bonds is 9. The van der Waals surface area contributed by atoms with Gasteiger partial charge in [0.2, 0.25) is 11.8 Å². The Morgan fingerprint density at radius 1 is 1.02 bits per heavy atom. The third-order valence-corrected chi connectivity index (χ3v) is 7.24. The molecule has 5 aromatic rings. The van der Waals surface area contributed by atoms with E-state index in [0.717, 1.165) is 39.2 Å². The minimum atomic E-state index is -0.671. The molecule has 0 aliphatic carbocycles. The highest BCUT2D eigenvalue weighted by atomic mass is 32.1. The highest BCUT2D eigenvalue weighted by Gasteiger charge is 2.16. The minimum absolute atomic E-state index is 0.0135. The molecule has 0 saturated heterocycles. The number of benzene rings is 2. The Bertz CT molecular complexity index is 1710. The molecule has 0 radical (unpaired) electrons. The van der Waals surface area contributed by atoms with Gasteiger partial charge < -0.3 is 24.7 Å². The van der Waals surface area contributed by atoms with E-state index in [-0.39, 0.29) is 11.4 Å². The normalized spacial score (nSPS) is 10.9. The molecule has 3 heterocycles. The third-order valence-electron chi connectivity index (χ3n) is 6.08. The van der Waals surface area contributed by atoms with Crippen molar-refractivity contribution in [3.05, 3.63) is 78.6 Å². The number of fused-ring (bicyclic) bond motifs is 1. The summed E-state index contributed by atoms with van der Waals surface area (Å²) in [6, 6.07) is 14.5. The van der Waals surface area contributed by atoms with Gasteiger partial charge in [-0.3, -0.25) is 14.6 Å². The van der Waals surface area contributed by atoms with E-state index in [2.05, 4.69) is 32.1 Å². The van der Waals surface area contributed by atoms with E-state index in [1.165, 1.54) is 30.6 Å². The maximum Gasteiger partial charge on any atom is 0.233 e. The number of methoxy groups -OCH3 is 1. The largest absolute Gasteiger partial charge is 0.495 e. The summed E-state index contributed by atoms with van der Waals surface area (Å²) in [5, 5.41) is 5.17. The van der Waals surface area contributed by atoms with Crippen LogP contribution in [-0.2, 0) is 16.1 Å². The van der Waals surface area contributed by atoms with E-state index >= 15 is 0 Å². The lowest BCUT2D eigenvalue weighted by atomic mass is 10.2. The lowest BCUT2D eigenvalue weighted by molar-refractivity contribution is -0.123. The first-order valence-corrected chi connectivity index (χ1v) is 13.3. The zero-order valence-electron chi connectivity index (χ0n) is 22.0. The molecule has 3 aromatic heterocycles. The fourth-order valence-corrected chi connectivity index (χ4v) is 5.16. The van der Waals surface area contributed by atoms with Crippen molar-refractivity contribution in [2.24, 2.45) is 0 Å². The fraction of sp³-hybridized carbons (Fsp3) is 0.172. The van der Waals surface area contributed by atoms with Crippen LogP contribution in [-0.4, -0.2) is 33.5 Å². The number of carbonyl (C=O) groups is 2. The van der Waals surface area contributed by atoms with Crippen LogP contribution in [0.3, 0.4) is 0 Å². The Labute approximate surface area is 233 Å². The van der Waals surface area contributed by atoms with Crippen LogP contribution in [0.5, 0.6) is 17.2 Å². The van der Waals surface area contributed by atoms with E-state index in [0.29, 0.717) is 17.2 Å². The number of pyridine rings is 1. The summed E-state index contributed by atoms with van der Waals surface area (Å²) in [6.07, 6.45) is 3.14. The molecule has 204 valence electrons. The number of para-hydroxylation sites is 2. The van der Waals surface area contributed by atoms with Crippen LogP contribution in [0.15, 0.2) is 67.0 Å². The summed E-state index contributed by atoms with van der Waals surface area (Å²) >= 11 is 1.47. The highest BCUT2D eigenvalue weighted by Crippen LogP contribution is 2.39. The molecule has 9 nitrogen and oxygen atoms in total. The summed E-state index contributed by atoms with van der Waals surface area (Å²) in [6.45, 7) is 4.84. The van der Waals surface area contributed by atoms with Crippen molar-refractivity contribution in [3.63, 3.8) is 0 Å². The van der Waals surface area contributed by atoms with Gasteiger partial charge in [0.15, 0.2) is 11.6 Å². The first-order valence-electron chi connectivity index (χ1n) is 12.5. The molecule has 0 fully saturated rings. The number of anilines is 2. The second-order valence-corrected chi connectivity index (χ2v) is 9.87. The summed E-state index contributed by atoms with van der Waals surface area (Å²) in [5.74, 6) is 0.0406. The van der Waals surface area contributed by atoms with Crippen molar-refractivity contribution in [1.82, 2.24) is 14.5 Å². The standard InChI is InChI=1S/C29H26FN5O4S/c1-4-35-16-22(32-17(35)2)26-14-21-29(40-26)25(11-12-31-21)39-23-10-9-18(13-19(23)30)33-27(36)15-28(37)34-20-7-5-6-8-24(20)38-3/h5-14,16H,4,15H2,1-3H3,(H,33,36)(H,34,37). The van der Waals surface area contributed by atoms with Crippen molar-refractivity contribution in [3.8, 4) is 27.8 Å². The number of amides is 2. The number of halogens is 1. The second-order valence-electron chi connectivity index (χ2n) is 8.81. The van der Waals surface area contributed by atoms with E-state index in [9.17, 15) is 14.0 Å². The van der Waals surface area contributed by atoms with E-state index in [1.807, 2.05) is 19.2 Å². The minimum Gasteiger partial charge on any atom is -0.495 e. The number of hydrogen-bond acceptors (Lipinski definition) is 7. The van der Waals surface area contributed by atoms with Gasteiger partial charge in [-0.2, -0.15) is 0 Å². The maximum atomic E-state index is 15.0. The first-order chi connectivity index (χ1) is 19.3. The smallest absolute Gasteiger partial charge is 0.233 e. The van der Waals surface area contributed by atoms with Crippen LogP contribution >= 0.6 is 11.3 Å². The molecule has 0 spiro atoms. The Kier molecular flexibility index (Phi) is 7.74. The van der Waals surface area contributed by atoms with Gasteiger partial charge in [-0.25, -0.2) is 9.37 Å². The summed E-state index contributed by atoms with van der Waals surface area (Å²) < 4.78 is 28.9. The first kappa shape index (κ1) is 26.8. The van der Waals surface area contributed by atoms with Crippen molar-refractivity contribution >= 4 is 44.7 Å². The van der Waals surface area contributed by atoms with E-state index < -0.39 is 24.1 Å². The predicted octanol–water partition coefficient (Wildman–Crippen LogP) is 6.40. The van der Waals surface area contributed by atoms with Crippen LogP contribution in [0.4, 0.5) is 15.8 Å². The summed E-state index contributed by atoms with van der Waals surface area (Å²) in [4.78, 5) is 34.7. The molecule has 0 atom stereocenters. The quantitative estimate of drug-likeness (QED) is 0.203. The molecule has 5 rings (SSSR count). The zero-order chi connectivity index (χ0) is 28.2. The van der Waals surface area contributed by atoms with Crippen molar-refractivity contribution in [2.75, 3.05) is 17.7 Å². The lowest BCUT2D eigenvalue weighted by Crippen LogP contribution is -2.21. The van der Waals surface area contributed by atoms with Gasteiger partial charge in [-0.05, 0) is 44.2 Å².